The molecule has 2 aliphatic rings. The number of anilines is 1. The fourth-order valence-corrected chi connectivity index (χ4v) is 3.47. The monoisotopic (exact) mass is 351 g/mol. The molecule has 132 valence electrons. The van der Waals surface area contributed by atoms with Crippen molar-refractivity contribution in [2.75, 3.05) is 25.0 Å². The van der Waals surface area contributed by atoms with Crippen molar-refractivity contribution in [2.45, 2.75) is 32.6 Å². The molecule has 0 aromatic heterocycles. The van der Waals surface area contributed by atoms with Crippen LogP contribution in [0, 0.1) is 11.3 Å². The lowest BCUT2D eigenvalue weighted by Gasteiger charge is -2.23. The summed E-state index contributed by atoms with van der Waals surface area (Å²) < 4.78 is 0. The molecule has 1 aliphatic carbocycles. The minimum atomic E-state index is -0.0689. The molecule has 0 bridgehead atoms. The second-order valence-electron chi connectivity index (χ2n) is 6.69. The summed E-state index contributed by atoms with van der Waals surface area (Å²) in [4.78, 5) is 24.3. The molecule has 1 saturated heterocycles. The lowest BCUT2D eigenvalue weighted by atomic mass is 9.92. The third-order valence-corrected chi connectivity index (χ3v) is 5.06. The van der Waals surface area contributed by atoms with E-state index in [1.807, 2.05) is 6.92 Å². The van der Waals surface area contributed by atoms with Gasteiger partial charge in [0.1, 0.15) is 0 Å². The molecule has 1 aliphatic heterocycles. The van der Waals surface area contributed by atoms with E-state index in [9.17, 15) is 9.59 Å². The molecular weight excluding hydrogens is 326 g/mol. The first-order valence-electron chi connectivity index (χ1n) is 8.54. The van der Waals surface area contributed by atoms with Crippen molar-refractivity contribution in [3.63, 3.8) is 0 Å². The van der Waals surface area contributed by atoms with E-state index in [4.69, 9.17) is 0 Å². The lowest BCUT2D eigenvalue weighted by molar-refractivity contribution is -0.118. The number of hydrogen-bond acceptors (Lipinski definition) is 3. The molecule has 1 saturated carbocycles. The summed E-state index contributed by atoms with van der Waals surface area (Å²) in [6.45, 7) is 4.73. The molecule has 1 unspecified atom stereocenters. The van der Waals surface area contributed by atoms with Crippen LogP contribution in [-0.2, 0) is 4.79 Å². The molecule has 24 heavy (non-hydrogen) atoms. The minimum absolute atomic E-state index is 0. The van der Waals surface area contributed by atoms with Crippen LogP contribution < -0.4 is 16.0 Å². The summed E-state index contributed by atoms with van der Waals surface area (Å²) in [6, 6.07) is 7.12. The van der Waals surface area contributed by atoms with Crippen LogP contribution in [0.2, 0.25) is 0 Å². The molecule has 1 aromatic carbocycles. The van der Waals surface area contributed by atoms with Crippen LogP contribution in [0.1, 0.15) is 43.0 Å². The molecule has 6 heteroatoms. The standard InChI is InChI=1S/C18H25N3O2.ClH/c1-2-9-20-16(22)13-3-5-14(6-4-13)21-17(23)15-12-18(15)7-10-19-11-8-18;/h3-6,15,19H,2,7-12H2,1H3,(H,20,22)(H,21,23);1H. The summed E-state index contributed by atoms with van der Waals surface area (Å²) in [5.74, 6) is 0.202. The van der Waals surface area contributed by atoms with Crippen LogP contribution in [0.15, 0.2) is 24.3 Å². The van der Waals surface area contributed by atoms with Crippen LogP contribution in [0.3, 0.4) is 0 Å². The van der Waals surface area contributed by atoms with Gasteiger partial charge in [-0.3, -0.25) is 9.59 Å². The predicted octanol–water partition coefficient (Wildman–Crippen LogP) is 2.58. The van der Waals surface area contributed by atoms with Gasteiger partial charge in [0.2, 0.25) is 5.91 Å². The van der Waals surface area contributed by atoms with Crippen LogP contribution >= 0.6 is 12.4 Å². The SMILES string of the molecule is CCCNC(=O)c1ccc(NC(=O)C2CC23CCNCC3)cc1.Cl. The summed E-state index contributed by atoms with van der Waals surface area (Å²) in [5.41, 5.74) is 1.63. The third kappa shape index (κ3) is 4.08. The Labute approximate surface area is 149 Å². The Bertz CT molecular complexity index is 582. The number of amides is 2. The van der Waals surface area contributed by atoms with E-state index in [0.29, 0.717) is 12.1 Å². The number of nitrogens with one attached hydrogen (secondary N) is 3. The highest BCUT2D eigenvalue weighted by Crippen LogP contribution is 2.58. The molecule has 3 rings (SSSR count). The molecule has 1 atom stereocenters. The van der Waals surface area contributed by atoms with Crippen molar-refractivity contribution in [3.05, 3.63) is 29.8 Å². The summed E-state index contributed by atoms with van der Waals surface area (Å²) >= 11 is 0. The van der Waals surface area contributed by atoms with Crippen molar-refractivity contribution in [3.8, 4) is 0 Å². The zero-order chi connectivity index (χ0) is 16.3. The molecule has 1 spiro atoms. The highest BCUT2D eigenvalue weighted by atomic mass is 35.5. The Kier molecular flexibility index (Phi) is 6.24. The van der Waals surface area contributed by atoms with Crippen molar-refractivity contribution in [1.82, 2.24) is 10.6 Å². The Morgan fingerprint density at radius 2 is 1.88 bits per heavy atom. The lowest BCUT2D eigenvalue weighted by Crippen LogP contribution is -2.31. The average molecular weight is 352 g/mol. The van der Waals surface area contributed by atoms with Gasteiger partial charge in [-0.25, -0.2) is 0 Å². The van der Waals surface area contributed by atoms with E-state index in [2.05, 4.69) is 16.0 Å². The van der Waals surface area contributed by atoms with E-state index in [0.717, 1.165) is 44.5 Å². The molecule has 1 heterocycles. The first-order valence-corrected chi connectivity index (χ1v) is 8.54. The van der Waals surface area contributed by atoms with Crippen molar-refractivity contribution in [2.24, 2.45) is 11.3 Å². The molecule has 2 fully saturated rings. The maximum atomic E-state index is 12.4. The van der Waals surface area contributed by atoms with Gasteiger partial charge in [0.15, 0.2) is 0 Å². The van der Waals surface area contributed by atoms with Gasteiger partial charge in [-0.1, -0.05) is 6.92 Å². The topological polar surface area (TPSA) is 70.2 Å². The zero-order valence-electron chi connectivity index (χ0n) is 14.1. The number of benzene rings is 1. The minimum Gasteiger partial charge on any atom is -0.352 e. The number of carbonyl (C=O) groups is 2. The van der Waals surface area contributed by atoms with Gasteiger partial charge >= 0.3 is 0 Å². The van der Waals surface area contributed by atoms with Gasteiger partial charge in [0.05, 0.1) is 0 Å². The van der Waals surface area contributed by atoms with E-state index < -0.39 is 0 Å². The fourth-order valence-electron chi connectivity index (χ4n) is 3.47. The van der Waals surface area contributed by atoms with Crippen LogP contribution in [-0.4, -0.2) is 31.4 Å². The highest BCUT2D eigenvalue weighted by Gasteiger charge is 2.57. The van der Waals surface area contributed by atoms with Gasteiger partial charge in [0, 0.05) is 23.7 Å². The van der Waals surface area contributed by atoms with Gasteiger partial charge in [-0.05, 0) is 68.5 Å². The van der Waals surface area contributed by atoms with Crippen LogP contribution in [0.4, 0.5) is 5.69 Å². The summed E-state index contributed by atoms with van der Waals surface area (Å²) in [5, 5.41) is 9.19. The van der Waals surface area contributed by atoms with Crippen molar-refractivity contribution >= 4 is 29.9 Å². The smallest absolute Gasteiger partial charge is 0.251 e. The normalized spacial score (nSPS) is 20.8. The zero-order valence-corrected chi connectivity index (χ0v) is 14.9. The van der Waals surface area contributed by atoms with E-state index >= 15 is 0 Å². The maximum absolute atomic E-state index is 12.4. The second-order valence-corrected chi connectivity index (χ2v) is 6.69. The van der Waals surface area contributed by atoms with Gasteiger partial charge in [-0.2, -0.15) is 0 Å². The quantitative estimate of drug-likeness (QED) is 0.763. The summed E-state index contributed by atoms with van der Waals surface area (Å²) in [7, 11) is 0. The first-order chi connectivity index (χ1) is 11.1. The number of hydrogen-bond donors (Lipinski definition) is 3. The fraction of sp³-hybridized carbons (Fsp3) is 0.556. The highest BCUT2D eigenvalue weighted by molar-refractivity contribution is 5.97. The molecule has 3 N–H and O–H groups in total. The maximum Gasteiger partial charge on any atom is 0.251 e. The van der Waals surface area contributed by atoms with Crippen molar-refractivity contribution < 1.29 is 9.59 Å². The largest absolute Gasteiger partial charge is 0.352 e. The van der Waals surface area contributed by atoms with Gasteiger partial charge in [-0.15, -0.1) is 12.4 Å². The summed E-state index contributed by atoms with van der Waals surface area (Å²) in [6.07, 6.45) is 4.12. The third-order valence-electron chi connectivity index (χ3n) is 5.06. The molecule has 1 aromatic rings. The molecule has 2 amide bonds. The first kappa shape index (κ1) is 18.7. The van der Waals surface area contributed by atoms with E-state index in [-0.39, 0.29) is 35.6 Å². The van der Waals surface area contributed by atoms with Crippen LogP contribution in [0.25, 0.3) is 0 Å². The number of carbonyl (C=O) groups excluding carboxylic acids is 2. The Morgan fingerprint density at radius 1 is 1.21 bits per heavy atom. The number of piperidine rings is 1. The molecule has 5 nitrogen and oxygen atoms in total. The average Bonchev–Trinajstić information content (AvgIpc) is 3.27. The predicted molar refractivity (Wildman–Crippen MR) is 97.6 cm³/mol. The Balaban J connectivity index is 0.00000208. The Morgan fingerprint density at radius 3 is 2.50 bits per heavy atom. The van der Waals surface area contributed by atoms with Gasteiger partial charge < -0.3 is 16.0 Å². The number of halogens is 1. The second kappa shape index (κ2) is 7.99. The van der Waals surface area contributed by atoms with Crippen LogP contribution in [0.5, 0.6) is 0 Å². The van der Waals surface area contributed by atoms with Crippen molar-refractivity contribution in [1.29, 1.82) is 0 Å². The number of rotatable bonds is 5. The van der Waals surface area contributed by atoms with Gasteiger partial charge in [0.25, 0.3) is 5.91 Å². The van der Waals surface area contributed by atoms with E-state index in [1.165, 1.54) is 0 Å². The molecular formula is C18H26ClN3O2. The Hall–Kier alpha value is -1.59. The van der Waals surface area contributed by atoms with E-state index in [1.54, 1.807) is 24.3 Å². The molecule has 0 radical (unpaired) electrons.